The summed E-state index contributed by atoms with van der Waals surface area (Å²) < 4.78 is 0.920. The van der Waals surface area contributed by atoms with Crippen molar-refractivity contribution in [1.29, 1.82) is 0 Å². The Balaban J connectivity index is 0.00000200. The zero-order valence-electron chi connectivity index (χ0n) is 12.6. The van der Waals surface area contributed by atoms with Crippen LogP contribution in [0.15, 0.2) is 22.9 Å². The summed E-state index contributed by atoms with van der Waals surface area (Å²) in [5.74, 6) is 0. The molecule has 1 fully saturated rings. The molecule has 1 atom stereocenters. The highest BCUT2D eigenvalue weighted by atomic mass is 79.9. The monoisotopic (exact) mass is 397 g/mol. The van der Waals surface area contributed by atoms with Crippen molar-refractivity contribution in [3.05, 3.63) is 28.5 Å². The molecular weight excluding hydrogens is 373 g/mol. The van der Waals surface area contributed by atoms with E-state index in [1.807, 2.05) is 6.20 Å². The van der Waals surface area contributed by atoms with E-state index >= 15 is 0 Å². The van der Waals surface area contributed by atoms with Crippen LogP contribution in [0.4, 0.5) is 0 Å². The molecule has 3 nitrogen and oxygen atoms in total. The zero-order chi connectivity index (χ0) is 13.5. The lowest BCUT2D eigenvalue weighted by molar-refractivity contribution is 0.162. The van der Waals surface area contributed by atoms with Crippen LogP contribution in [0.2, 0.25) is 0 Å². The van der Waals surface area contributed by atoms with Gasteiger partial charge in [0.2, 0.25) is 0 Å². The van der Waals surface area contributed by atoms with E-state index in [2.05, 4.69) is 50.2 Å². The average molecular weight is 399 g/mol. The molecule has 122 valence electrons. The largest absolute Gasteiger partial charge is 0.314 e. The minimum Gasteiger partial charge on any atom is -0.314 e. The molecule has 0 saturated carbocycles. The van der Waals surface area contributed by atoms with Gasteiger partial charge in [-0.3, -0.25) is 4.90 Å². The summed E-state index contributed by atoms with van der Waals surface area (Å²) in [6.45, 7) is 6.77. The quantitative estimate of drug-likeness (QED) is 0.574. The summed E-state index contributed by atoms with van der Waals surface area (Å²) in [6.07, 6.45) is 7.19. The summed E-state index contributed by atoms with van der Waals surface area (Å²) in [5.41, 5.74) is 1.36. The maximum atomic E-state index is 4.40. The molecule has 0 unspecified atom stereocenters. The van der Waals surface area contributed by atoms with Crippen LogP contribution in [-0.4, -0.2) is 36.1 Å². The van der Waals surface area contributed by atoms with Gasteiger partial charge in [-0.25, -0.2) is 4.98 Å². The highest BCUT2D eigenvalue weighted by molar-refractivity contribution is 9.10. The van der Waals surface area contributed by atoms with Crippen LogP contribution in [0.1, 0.15) is 44.2 Å². The van der Waals surface area contributed by atoms with Crippen LogP contribution >= 0.6 is 40.7 Å². The lowest BCUT2D eigenvalue weighted by Crippen LogP contribution is -2.45. The van der Waals surface area contributed by atoms with E-state index in [-0.39, 0.29) is 24.8 Å². The fourth-order valence-corrected chi connectivity index (χ4v) is 2.96. The smallest absolute Gasteiger partial charge is 0.106 e. The van der Waals surface area contributed by atoms with Crippen molar-refractivity contribution in [2.75, 3.05) is 26.2 Å². The zero-order valence-corrected chi connectivity index (χ0v) is 15.8. The highest BCUT2D eigenvalue weighted by Gasteiger charge is 2.21. The van der Waals surface area contributed by atoms with Gasteiger partial charge in [-0.2, -0.15) is 0 Å². The predicted octanol–water partition coefficient (Wildman–Crippen LogP) is 4.21. The Labute approximate surface area is 149 Å². The topological polar surface area (TPSA) is 28.2 Å². The molecular formula is C15H26BrCl2N3. The molecule has 0 amide bonds. The van der Waals surface area contributed by atoms with Crippen LogP contribution in [-0.2, 0) is 0 Å². The summed E-state index contributed by atoms with van der Waals surface area (Å²) in [4.78, 5) is 7.01. The SMILES string of the molecule is CCCCC[C@H](c1ccc(Br)nc1)N1CCNCC1.Cl.Cl. The number of rotatable bonds is 6. The number of halogens is 3. The van der Waals surface area contributed by atoms with E-state index < -0.39 is 0 Å². The first-order chi connectivity index (χ1) is 9.31. The van der Waals surface area contributed by atoms with Crippen molar-refractivity contribution in [3.8, 4) is 0 Å². The molecule has 0 aromatic carbocycles. The number of hydrogen-bond donors (Lipinski definition) is 1. The third-order valence-corrected chi connectivity index (χ3v) is 4.28. The first-order valence-electron chi connectivity index (χ1n) is 7.37. The number of hydrogen-bond acceptors (Lipinski definition) is 3. The van der Waals surface area contributed by atoms with Gasteiger partial charge in [0.25, 0.3) is 0 Å². The molecule has 0 radical (unpaired) electrons. The van der Waals surface area contributed by atoms with Crippen molar-refractivity contribution < 1.29 is 0 Å². The number of piperazine rings is 1. The van der Waals surface area contributed by atoms with Crippen LogP contribution < -0.4 is 5.32 Å². The summed E-state index contributed by atoms with van der Waals surface area (Å²) in [5, 5.41) is 3.43. The van der Waals surface area contributed by atoms with Crippen molar-refractivity contribution >= 4 is 40.7 Å². The first-order valence-corrected chi connectivity index (χ1v) is 8.16. The van der Waals surface area contributed by atoms with Crippen LogP contribution in [0.3, 0.4) is 0 Å². The molecule has 6 heteroatoms. The Kier molecular flexibility index (Phi) is 11.7. The second-order valence-electron chi connectivity index (χ2n) is 5.21. The summed E-state index contributed by atoms with van der Waals surface area (Å²) in [7, 11) is 0. The van der Waals surface area contributed by atoms with Crippen LogP contribution in [0.5, 0.6) is 0 Å². The molecule has 2 rings (SSSR count). The van der Waals surface area contributed by atoms with Crippen molar-refractivity contribution in [2.24, 2.45) is 0 Å². The van der Waals surface area contributed by atoms with Gasteiger partial charge >= 0.3 is 0 Å². The normalized spacial score (nSPS) is 16.7. The number of nitrogens with one attached hydrogen (secondary N) is 1. The maximum Gasteiger partial charge on any atom is 0.106 e. The molecule has 1 N–H and O–H groups in total. The molecule has 2 heterocycles. The fraction of sp³-hybridized carbons (Fsp3) is 0.667. The Morgan fingerprint density at radius 3 is 2.52 bits per heavy atom. The Bertz CT molecular complexity index is 370. The second kappa shape index (κ2) is 11.7. The van der Waals surface area contributed by atoms with Crippen molar-refractivity contribution in [2.45, 2.75) is 38.6 Å². The van der Waals surface area contributed by atoms with E-state index in [1.54, 1.807) is 0 Å². The third kappa shape index (κ3) is 6.83. The van der Waals surface area contributed by atoms with Crippen molar-refractivity contribution in [1.82, 2.24) is 15.2 Å². The molecule has 1 aliphatic heterocycles. The minimum absolute atomic E-state index is 0. The van der Waals surface area contributed by atoms with Gasteiger partial charge in [0.05, 0.1) is 0 Å². The second-order valence-corrected chi connectivity index (χ2v) is 6.02. The van der Waals surface area contributed by atoms with Gasteiger partial charge < -0.3 is 5.32 Å². The standard InChI is InChI=1S/C15H24BrN3.2ClH/c1-2-3-4-5-14(19-10-8-17-9-11-19)13-6-7-15(16)18-12-13;;/h6-7,12,14,17H,2-5,8-11H2,1H3;2*1H/t14-;;/m1../s1. The Morgan fingerprint density at radius 2 is 1.95 bits per heavy atom. The fourth-order valence-electron chi connectivity index (χ4n) is 2.73. The minimum atomic E-state index is 0. The lowest BCUT2D eigenvalue weighted by atomic mass is 9.99. The molecule has 0 spiro atoms. The first kappa shape index (κ1) is 21.1. The molecule has 0 bridgehead atoms. The summed E-state index contributed by atoms with van der Waals surface area (Å²) >= 11 is 3.42. The highest BCUT2D eigenvalue weighted by Crippen LogP contribution is 2.27. The number of aromatic nitrogens is 1. The molecule has 0 aliphatic carbocycles. The van der Waals surface area contributed by atoms with Crippen molar-refractivity contribution in [3.63, 3.8) is 0 Å². The molecule has 21 heavy (non-hydrogen) atoms. The van der Waals surface area contributed by atoms with Gasteiger partial charge in [-0.15, -0.1) is 24.8 Å². The Morgan fingerprint density at radius 1 is 1.24 bits per heavy atom. The van der Waals surface area contributed by atoms with E-state index in [0.29, 0.717) is 6.04 Å². The average Bonchev–Trinajstić information content (AvgIpc) is 2.46. The van der Waals surface area contributed by atoms with E-state index in [1.165, 1.54) is 31.2 Å². The lowest BCUT2D eigenvalue weighted by Gasteiger charge is -2.35. The van der Waals surface area contributed by atoms with E-state index in [9.17, 15) is 0 Å². The van der Waals surface area contributed by atoms with Gasteiger partial charge in [0.1, 0.15) is 4.60 Å². The summed E-state index contributed by atoms with van der Waals surface area (Å²) in [6, 6.07) is 4.81. The van der Waals surface area contributed by atoms with E-state index in [0.717, 1.165) is 30.8 Å². The van der Waals surface area contributed by atoms with E-state index in [4.69, 9.17) is 0 Å². The van der Waals surface area contributed by atoms with Gasteiger partial charge in [-0.1, -0.05) is 32.3 Å². The Hall–Kier alpha value is 0.130. The van der Waals surface area contributed by atoms with Gasteiger partial charge in [-0.05, 0) is 34.0 Å². The predicted molar refractivity (Wildman–Crippen MR) is 97.8 cm³/mol. The third-order valence-electron chi connectivity index (χ3n) is 3.81. The molecule has 1 aliphatic rings. The van der Waals surface area contributed by atoms with Gasteiger partial charge in [0.15, 0.2) is 0 Å². The van der Waals surface area contributed by atoms with Gasteiger partial charge in [0, 0.05) is 38.4 Å². The van der Waals surface area contributed by atoms with Crippen LogP contribution in [0.25, 0.3) is 0 Å². The van der Waals surface area contributed by atoms with Crippen LogP contribution in [0, 0.1) is 0 Å². The maximum absolute atomic E-state index is 4.40. The number of nitrogens with zero attached hydrogens (tertiary/aromatic N) is 2. The number of pyridine rings is 1. The molecule has 1 aromatic heterocycles. The number of unbranched alkanes of at least 4 members (excludes halogenated alkanes) is 2. The molecule has 1 aromatic rings. The molecule has 1 saturated heterocycles.